The lowest BCUT2D eigenvalue weighted by Gasteiger charge is -2.39. The minimum atomic E-state index is 0.515. The van der Waals surface area contributed by atoms with E-state index in [0.717, 1.165) is 10.9 Å². The van der Waals surface area contributed by atoms with Crippen molar-refractivity contribution in [2.45, 2.75) is 32.7 Å². The van der Waals surface area contributed by atoms with Gasteiger partial charge in [-0.05, 0) is 56.9 Å². The third-order valence-electron chi connectivity index (χ3n) is 4.07. The average molecular weight is 287 g/mol. The van der Waals surface area contributed by atoms with Crippen molar-refractivity contribution in [2.24, 2.45) is 5.41 Å². The van der Waals surface area contributed by atoms with Gasteiger partial charge in [0.1, 0.15) is 0 Å². The molecule has 18 heavy (non-hydrogen) atoms. The minimum Gasteiger partial charge on any atom is -0.317 e. The van der Waals surface area contributed by atoms with Gasteiger partial charge in [0.15, 0.2) is 0 Å². The summed E-state index contributed by atoms with van der Waals surface area (Å²) in [7, 11) is 2.23. The zero-order valence-electron chi connectivity index (χ0n) is 11.3. The molecule has 0 amide bonds. The molecule has 1 N–H and O–H groups in total. The molecule has 102 valence electrons. The van der Waals surface area contributed by atoms with Crippen LogP contribution >= 0.6 is 22.9 Å². The first-order valence-corrected chi connectivity index (χ1v) is 7.96. The van der Waals surface area contributed by atoms with Gasteiger partial charge < -0.3 is 10.2 Å². The maximum Gasteiger partial charge on any atom is 0.0931 e. The van der Waals surface area contributed by atoms with Gasteiger partial charge in [-0.2, -0.15) is 0 Å². The fourth-order valence-electron chi connectivity index (χ4n) is 2.91. The highest BCUT2D eigenvalue weighted by Gasteiger charge is 2.31. The number of nitrogens with zero attached hydrogens (tertiary/aromatic N) is 1. The highest BCUT2D eigenvalue weighted by atomic mass is 35.5. The van der Waals surface area contributed by atoms with Crippen LogP contribution < -0.4 is 5.32 Å². The Morgan fingerprint density at radius 1 is 1.39 bits per heavy atom. The number of halogens is 1. The Morgan fingerprint density at radius 2 is 2.11 bits per heavy atom. The Morgan fingerprint density at radius 3 is 2.67 bits per heavy atom. The standard InChI is InChI=1S/C14H23ClN2S/c1-3-14(6-8-16-9-7-14)11-17(2)10-12-4-5-13(15)18-12/h4-5,16H,3,6-11H2,1-2H3. The summed E-state index contributed by atoms with van der Waals surface area (Å²) in [6.07, 6.45) is 3.89. The third-order valence-corrected chi connectivity index (χ3v) is 5.29. The molecular formula is C14H23ClN2S. The maximum atomic E-state index is 5.98. The molecule has 0 aromatic carbocycles. The second-order valence-corrected chi connectivity index (χ2v) is 7.28. The quantitative estimate of drug-likeness (QED) is 0.889. The summed E-state index contributed by atoms with van der Waals surface area (Å²) >= 11 is 7.68. The maximum absolute atomic E-state index is 5.98. The predicted octanol–water partition coefficient (Wildman–Crippen LogP) is 3.61. The molecule has 0 unspecified atom stereocenters. The molecule has 2 heterocycles. The fraction of sp³-hybridized carbons (Fsp3) is 0.714. The van der Waals surface area contributed by atoms with E-state index in [-0.39, 0.29) is 0 Å². The van der Waals surface area contributed by atoms with Crippen LogP contribution in [0.4, 0.5) is 0 Å². The Balaban J connectivity index is 1.90. The highest BCUT2D eigenvalue weighted by Crippen LogP contribution is 2.33. The van der Waals surface area contributed by atoms with Gasteiger partial charge in [-0.25, -0.2) is 0 Å². The topological polar surface area (TPSA) is 15.3 Å². The van der Waals surface area contributed by atoms with Gasteiger partial charge in [-0.15, -0.1) is 11.3 Å². The molecule has 0 atom stereocenters. The van der Waals surface area contributed by atoms with Crippen molar-refractivity contribution in [1.29, 1.82) is 0 Å². The monoisotopic (exact) mass is 286 g/mol. The van der Waals surface area contributed by atoms with E-state index in [2.05, 4.69) is 30.3 Å². The minimum absolute atomic E-state index is 0.515. The SMILES string of the molecule is CCC1(CN(C)Cc2ccc(Cl)s2)CCNCC1. The third kappa shape index (κ3) is 3.70. The first-order valence-electron chi connectivity index (χ1n) is 6.77. The summed E-state index contributed by atoms with van der Waals surface area (Å²) in [4.78, 5) is 3.82. The highest BCUT2D eigenvalue weighted by molar-refractivity contribution is 7.16. The molecule has 0 aliphatic carbocycles. The summed E-state index contributed by atoms with van der Waals surface area (Å²) in [5.41, 5.74) is 0.515. The van der Waals surface area contributed by atoms with Gasteiger partial charge in [-0.1, -0.05) is 18.5 Å². The number of hydrogen-bond acceptors (Lipinski definition) is 3. The first-order chi connectivity index (χ1) is 8.63. The van der Waals surface area contributed by atoms with Gasteiger partial charge in [-0.3, -0.25) is 0 Å². The summed E-state index contributed by atoms with van der Waals surface area (Å²) in [6.45, 7) is 6.90. The van der Waals surface area contributed by atoms with Crippen molar-refractivity contribution in [1.82, 2.24) is 10.2 Å². The number of thiophene rings is 1. The van der Waals surface area contributed by atoms with Gasteiger partial charge >= 0.3 is 0 Å². The Labute approximate surface area is 119 Å². The van der Waals surface area contributed by atoms with Crippen molar-refractivity contribution in [3.63, 3.8) is 0 Å². The molecule has 1 aromatic heterocycles. The molecule has 2 nitrogen and oxygen atoms in total. The predicted molar refractivity (Wildman–Crippen MR) is 80.5 cm³/mol. The summed E-state index contributed by atoms with van der Waals surface area (Å²) < 4.78 is 0.894. The molecule has 2 rings (SSSR count). The molecular weight excluding hydrogens is 264 g/mol. The number of hydrogen-bond donors (Lipinski definition) is 1. The number of nitrogens with one attached hydrogen (secondary N) is 1. The summed E-state index contributed by atoms with van der Waals surface area (Å²) in [5, 5.41) is 3.47. The molecule has 0 radical (unpaired) electrons. The van der Waals surface area contributed by atoms with Gasteiger partial charge in [0.05, 0.1) is 4.34 Å². The Hall–Kier alpha value is -0.0900. The van der Waals surface area contributed by atoms with Crippen LogP contribution in [-0.2, 0) is 6.54 Å². The Kier molecular flexibility index (Phi) is 5.07. The molecule has 0 spiro atoms. The van der Waals surface area contributed by atoms with Crippen LogP contribution in [0.25, 0.3) is 0 Å². The normalized spacial score (nSPS) is 19.3. The molecule has 1 aromatic rings. The van der Waals surface area contributed by atoms with E-state index in [4.69, 9.17) is 11.6 Å². The van der Waals surface area contributed by atoms with Crippen LogP contribution in [0.5, 0.6) is 0 Å². The van der Waals surface area contributed by atoms with E-state index in [9.17, 15) is 0 Å². The molecule has 0 bridgehead atoms. The van der Waals surface area contributed by atoms with E-state index in [1.54, 1.807) is 11.3 Å². The molecule has 1 fully saturated rings. The lowest BCUT2D eigenvalue weighted by atomic mass is 9.76. The second-order valence-electron chi connectivity index (χ2n) is 5.48. The fourth-order valence-corrected chi connectivity index (χ4v) is 4.08. The lowest BCUT2D eigenvalue weighted by molar-refractivity contribution is 0.120. The van der Waals surface area contributed by atoms with Crippen LogP contribution in [-0.4, -0.2) is 31.6 Å². The molecule has 1 aliphatic heterocycles. The van der Waals surface area contributed by atoms with E-state index in [1.165, 1.54) is 43.8 Å². The van der Waals surface area contributed by atoms with Crippen LogP contribution in [0.3, 0.4) is 0 Å². The molecule has 0 saturated carbocycles. The lowest BCUT2D eigenvalue weighted by Crippen LogP contribution is -2.43. The molecule has 4 heteroatoms. The van der Waals surface area contributed by atoms with Crippen molar-refractivity contribution in [3.05, 3.63) is 21.3 Å². The van der Waals surface area contributed by atoms with Crippen molar-refractivity contribution in [2.75, 3.05) is 26.7 Å². The van der Waals surface area contributed by atoms with E-state index in [0.29, 0.717) is 5.41 Å². The van der Waals surface area contributed by atoms with E-state index in [1.807, 2.05) is 6.07 Å². The van der Waals surface area contributed by atoms with Gasteiger partial charge in [0.2, 0.25) is 0 Å². The largest absolute Gasteiger partial charge is 0.317 e. The van der Waals surface area contributed by atoms with Crippen molar-refractivity contribution < 1.29 is 0 Å². The zero-order chi connectivity index (χ0) is 13.0. The summed E-state index contributed by atoms with van der Waals surface area (Å²) in [6, 6.07) is 4.14. The zero-order valence-corrected chi connectivity index (χ0v) is 12.9. The van der Waals surface area contributed by atoms with E-state index < -0.39 is 0 Å². The number of piperidine rings is 1. The van der Waals surface area contributed by atoms with Crippen molar-refractivity contribution >= 4 is 22.9 Å². The van der Waals surface area contributed by atoms with Gasteiger partial charge in [0.25, 0.3) is 0 Å². The smallest absolute Gasteiger partial charge is 0.0931 e. The van der Waals surface area contributed by atoms with Crippen LogP contribution in [0.2, 0.25) is 4.34 Å². The van der Waals surface area contributed by atoms with Crippen molar-refractivity contribution in [3.8, 4) is 0 Å². The van der Waals surface area contributed by atoms with Crippen LogP contribution in [0.15, 0.2) is 12.1 Å². The summed E-state index contributed by atoms with van der Waals surface area (Å²) in [5.74, 6) is 0. The first kappa shape index (κ1) is 14.3. The molecule has 1 aliphatic rings. The Bertz CT molecular complexity index is 372. The van der Waals surface area contributed by atoms with Crippen LogP contribution in [0.1, 0.15) is 31.1 Å². The van der Waals surface area contributed by atoms with Crippen LogP contribution in [0, 0.1) is 5.41 Å². The van der Waals surface area contributed by atoms with Gasteiger partial charge in [0, 0.05) is 18.0 Å². The average Bonchev–Trinajstić information content (AvgIpc) is 2.75. The second kappa shape index (κ2) is 6.38. The van der Waals surface area contributed by atoms with E-state index >= 15 is 0 Å². The molecule has 1 saturated heterocycles. The number of rotatable bonds is 5.